The van der Waals surface area contributed by atoms with E-state index in [1.807, 2.05) is 6.92 Å². The Bertz CT molecular complexity index is 427. The van der Waals surface area contributed by atoms with E-state index in [2.05, 4.69) is 15.7 Å². The predicted molar refractivity (Wildman–Crippen MR) is 71.1 cm³/mol. The van der Waals surface area contributed by atoms with Gasteiger partial charge in [-0.2, -0.15) is 0 Å². The monoisotopic (exact) mass is 248 g/mol. The summed E-state index contributed by atoms with van der Waals surface area (Å²) in [5.74, 6) is 5.34. The van der Waals surface area contributed by atoms with Gasteiger partial charge in [0.2, 0.25) is 0 Å². The maximum Gasteiger partial charge on any atom is 0.255 e. The van der Waals surface area contributed by atoms with Crippen molar-refractivity contribution < 1.29 is 4.79 Å². The molecule has 1 saturated carbocycles. The van der Waals surface area contributed by atoms with E-state index in [4.69, 9.17) is 5.84 Å². The van der Waals surface area contributed by atoms with Crippen LogP contribution in [0.3, 0.4) is 0 Å². The van der Waals surface area contributed by atoms with Gasteiger partial charge in [0.1, 0.15) is 0 Å². The zero-order chi connectivity index (χ0) is 13.0. The number of carbonyl (C=O) groups is 1. The number of nitrogen functional groups attached to an aromatic ring is 1. The smallest absolute Gasteiger partial charge is 0.255 e. The number of nitrogens with one attached hydrogen (secondary N) is 2. The fraction of sp³-hybridized carbons (Fsp3) is 0.538. The summed E-state index contributed by atoms with van der Waals surface area (Å²) < 4.78 is 0. The average Bonchev–Trinajstić information content (AvgIpc) is 2.39. The molecule has 4 N–H and O–H groups in total. The van der Waals surface area contributed by atoms with E-state index >= 15 is 0 Å². The van der Waals surface area contributed by atoms with Gasteiger partial charge in [0.05, 0.1) is 11.3 Å². The van der Waals surface area contributed by atoms with Crippen molar-refractivity contribution in [2.75, 3.05) is 5.43 Å². The fourth-order valence-electron chi connectivity index (χ4n) is 2.37. The number of aryl methyl sites for hydroxylation is 1. The number of hydrogen-bond donors (Lipinski definition) is 3. The standard InChI is InChI=1S/C13H20N4O/c1-9-7-12(17-14)11(8-15-9)13(18)16-10-5-3-2-4-6-10/h7-8,10H,2-6,14H2,1H3,(H,15,17)(H,16,18). The maximum atomic E-state index is 12.2. The van der Waals surface area contributed by atoms with Gasteiger partial charge in [0, 0.05) is 17.9 Å². The number of pyridine rings is 1. The molecular weight excluding hydrogens is 228 g/mol. The lowest BCUT2D eigenvalue weighted by molar-refractivity contribution is 0.0928. The van der Waals surface area contributed by atoms with Crippen LogP contribution in [0.15, 0.2) is 12.3 Å². The summed E-state index contributed by atoms with van der Waals surface area (Å²) >= 11 is 0. The Morgan fingerprint density at radius 1 is 1.39 bits per heavy atom. The molecule has 0 atom stereocenters. The molecule has 0 bridgehead atoms. The van der Waals surface area contributed by atoms with E-state index in [1.165, 1.54) is 19.3 Å². The predicted octanol–water partition coefficient (Wildman–Crippen LogP) is 1.74. The number of hydrazine groups is 1. The third-order valence-corrected chi connectivity index (χ3v) is 3.38. The van der Waals surface area contributed by atoms with Gasteiger partial charge in [-0.3, -0.25) is 15.6 Å². The summed E-state index contributed by atoms with van der Waals surface area (Å²) in [7, 11) is 0. The molecule has 1 fully saturated rings. The molecule has 2 rings (SSSR count). The minimum absolute atomic E-state index is 0.0950. The van der Waals surface area contributed by atoms with Crippen LogP contribution in [0.1, 0.15) is 48.2 Å². The lowest BCUT2D eigenvalue weighted by Crippen LogP contribution is -2.36. The normalized spacial score (nSPS) is 16.3. The molecule has 0 unspecified atom stereocenters. The second-order valence-corrected chi connectivity index (χ2v) is 4.82. The topological polar surface area (TPSA) is 80.0 Å². The number of nitrogens with zero attached hydrogens (tertiary/aromatic N) is 1. The van der Waals surface area contributed by atoms with E-state index in [1.54, 1.807) is 12.3 Å². The Kier molecular flexibility index (Phi) is 4.15. The first kappa shape index (κ1) is 12.8. The van der Waals surface area contributed by atoms with Crippen molar-refractivity contribution in [3.63, 3.8) is 0 Å². The zero-order valence-electron chi connectivity index (χ0n) is 10.7. The lowest BCUT2D eigenvalue weighted by atomic mass is 9.95. The highest BCUT2D eigenvalue weighted by Crippen LogP contribution is 2.19. The van der Waals surface area contributed by atoms with Crippen molar-refractivity contribution in [2.45, 2.75) is 45.1 Å². The SMILES string of the molecule is Cc1cc(NN)c(C(=O)NC2CCCCC2)cn1. The number of anilines is 1. The van der Waals surface area contributed by atoms with Crippen molar-refractivity contribution in [3.8, 4) is 0 Å². The molecule has 0 aliphatic heterocycles. The van der Waals surface area contributed by atoms with E-state index < -0.39 is 0 Å². The van der Waals surface area contributed by atoms with Gasteiger partial charge < -0.3 is 10.7 Å². The molecule has 0 spiro atoms. The van der Waals surface area contributed by atoms with Crippen LogP contribution in [-0.2, 0) is 0 Å². The summed E-state index contributed by atoms with van der Waals surface area (Å²) in [4.78, 5) is 16.3. The number of carbonyl (C=O) groups excluding carboxylic acids is 1. The minimum Gasteiger partial charge on any atom is -0.349 e. The number of rotatable bonds is 3. The molecule has 0 radical (unpaired) electrons. The van der Waals surface area contributed by atoms with Gasteiger partial charge in [-0.05, 0) is 25.8 Å². The lowest BCUT2D eigenvalue weighted by Gasteiger charge is -2.23. The summed E-state index contributed by atoms with van der Waals surface area (Å²) in [5.41, 5.74) is 4.51. The number of amides is 1. The number of aromatic nitrogens is 1. The molecule has 1 aliphatic carbocycles. The Morgan fingerprint density at radius 3 is 2.78 bits per heavy atom. The van der Waals surface area contributed by atoms with Crippen LogP contribution in [0.4, 0.5) is 5.69 Å². The van der Waals surface area contributed by atoms with Crippen LogP contribution in [0.25, 0.3) is 0 Å². The van der Waals surface area contributed by atoms with Crippen molar-refractivity contribution >= 4 is 11.6 Å². The van der Waals surface area contributed by atoms with Gasteiger partial charge >= 0.3 is 0 Å². The van der Waals surface area contributed by atoms with Crippen LogP contribution in [-0.4, -0.2) is 16.9 Å². The maximum absolute atomic E-state index is 12.2. The second-order valence-electron chi connectivity index (χ2n) is 4.82. The molecule has 5 nitrogen and oxygen atoms in total. The molecule has 1 aromatic heterocycles. The minimum atomic E-state index is -0.0950. The van der Waals surface area contributed by atoms with E-state index in [9.17, 15) is 4.79 Å². The summed E-state index contributed by atoms with van der Waals surface area (Å²) in [6.45, 7) is 1.86. The summed E-state index contributed by atoms with van der Waals surface area (Å²) in [6, 6.07) is 2.06. The number of hydrogen-bond acceptors (Lipinski definition) is 4. The van der Waals surface area contributed by atoms with E-state index in [0.29, 0.717) is 11.3 Å². The van der Waals surface area contributed by atoms with Gasteiger partial charge in [0.25, 0.3) is 5.91 Å². The van der Waals surface area contributed by atoms with Crippen LogP contribution in [0.2, 0.25) is 0 Å². The van der Waals surface area contributed by atoms with Crippen molar-refractivity contribution in [2.24, 2.45) is 5.84 Å². The van der Waals surface area contributed by atoms with Crippen molar-refractivity contribution in [1.29, 1.82) is 0 Å². The van der Waals surface area contributed by atoms with Crippen LogP contribution < -0.4 is 16.6 Å². The quantitative estimate of drug-likeness (QED) is 0.562. The van der Waals surface area contributed by atoms with Crippen LogP contribution >= 0.6 is 0 Å². The van der Waals surface area contributed by atoms with Crippen LogP contribution in [0, 0.1) is 6.92 Å². The Hall–Kier alpha value is -1.62. The molecule has 0 saturated heterocycles. The van der Waals surface area contributed by atoms with Crippen LogP contribution in [0.5, 0.6) is 0 Å². The second kappa shape index (κ2) is 5.82. The Labute approximate surface area is 107 Å². The molecule has 1 aliphatic rings. The molecule has 1 amide bonds. The van der Waals surface area contributed by atoms with Crippen molar-refractivity contribution in [3.05, 3.63) is 23.5 Å². The third kappa shape index (κ3) is 2.98. The Morgan fingerprint density at radius 2 is 2.11 bits per heavy atom. The van der Waals surface area contributed by atoms with Gasteiger partial charge in [-0.25, -0.2) is 0 Å². The molecule has 98 valence electrons. The summed E-state index contributed by atoms with van der Waals surface area (Å²) in [6.07, 6.45) is 7.36. The first-order chi connectivity index (χ1) is 8.70. The van der Waals surface area contributed by atoms with Gasteiger partial charge in [-0.15, -0.1) is 0 Å². The van der Waals surface area contributed by atoms with E-state index in [0.717, 1.165) is 18.5 Å². The highest BCUT2D eigenvalue weighted by Gasteiger charge is 2.18. The summed E-state index contributed by atoms with van der Waals surface area (Å²) in [5, 5.41) is 3.05. The van der Waals surface area contributed by atoms with Crippen molar-refractivity contribution in [1.82, 2.24) is 10.3 Å². The number of nitrogens with two attached hydrogens (primary N) is 1. The molecule has 1 aromatic rings. The third-order valence-electron chi connectivity index (χ3n) is 3.38. The highest BCUT2D eigenvalue weighted by molar-refractivity contribution is 5.99. The molecule has 0 aromatic carbocycles. The Balaban J connectivity index is 2.08. The molecule has 1 heterocycles. The molecule has 5 heteroatoms. The first-order valence-electron chi connectivity index (χ1n) is 6.45. The molecule has 18 heavy (non-hydrogen) atoms. The average molecular weight is 248 g/mol. The van der Waals surface area contributed by atoms with Gasteiger partial charge in [-0.1, -0.05) is 19.3 Å². The zero-order valence-corrected chi connectivity index (χ0v) is 10.7. The van der Waals surface area contributed by atoms with Gasteiger partial charge in [0.15, 0.2) is 0 Å². The fourth-order valence-corrected chi connectivity index (χ4v) is 2.37. The highest BCUT2D eigenvalue weighted by atomic mass is 16.1. The largest absolute Gasteiger partial charge is 0.349 e. The first-order valence-corrected chi connectivity index (χ1v) is 6.45. The molecular formula is C13H20N4O. The van der Waals surface area contributed by atoms with E-state index in [-0.39, 0.29) is 11.9 Å².